The molecule has 0 aromatic rings. The molecule has 6 nitrogen and oxygen atoms in total. The molecule has 0 aliphatic rings. The van der Waals surface area contributed by atoms with Gasteiger partial charge in [-0.2, -0.15) is 0 Å². The minimum Gasteiger partial charge on any atom is -0.457 e. The van der Waals surface area contributed by atoms with Crippen LogP contribution in [-0.4, -0.2) is 35.7 Å². The van der Waals surface area contributed by atoms with Gasteiger partial charge in [-0.15, -0.1) is 0 Å². The summed E-state index contributed by atoms with van der Waals surface area (Å²) < 4.78 is 9.16. The Hall–Kier alpha value is -1.72. The molecule has 0 aliphatic carbocycles. The number of rotatable bonds is 6. The first-order valence-corrected chi connectivity index (χ1v) is 5.21. The quantitative estimate of drug-likeness (QED) is 0.382. The average molecular weight is 244 g/mol. The lowest BCUT2D eigenvalue weighted by atomic mass is 10.2. The second-order valence-corrected chi connectivity index (χ2v) is 3.93. The van der Waals surface area contributed by atoms with E-state index < -0.39 is 42.1 Å². The van der Waals surface area contributed by atoms with Gasteiger partial charge in [-0.1, -0.05) is 0 Å². The van der Waals surface area contributed by atoms with E-state index in [1.807, 2.05) is 0 Å². The lowest BCUT2D eigenvalue weighted by Crippen LogP contribution is -2.28. The topological polar surface area (TPSA) is 86.7 Å². The number of carbonyl (C=O) groups is 4. The van der Waals surface area contributed by atoms with Crippen molar-refractivity contribution in [1.82, 2.24) is 0 Å². The van der Waals surface area contributed by atoms with E-state index in [1.165, 1.54) is 0 Å². The second kappa shape index (κ2) is 6.78. The van der Waals surface area contributed by atoms with Gasteiger partial charge in [0.2, 0.25) is 11.6 Å². The van der Waals surface area contributed by atoms with Crippen LogP contribution in [0, 0.1) is 0 Å². The summed E-state index contributed by atoms with van der Waals surface area (Å²) in [5, 5.41) is 0. The highest BCUT2D eigenvalue weighted by Crippen LogP contribution is 1.98. The molecule has 0 N–H and O–H groups in total. The number of hydrogen-bond donors (Lipinski definition) is 0. The molecule has 0 heterocycles. The summed E-state index contributed by atoms with van der Waals surface area (Å²) in [7, 11) is 0. The summed E-state index contributed by atoms with van der Waals surface area (Å²) in [6.45, 7) is 6.28. The van der Waals surface area contributed by atoms with Crippen LogP contribution in [0.1, 0.15) is 34.1 Å². The summed E-state index contributed by atoms with van der Waals surface area (Å²) in [6.07, 6.45) is -1.73. The highest BCUT2D eigenvalue weighted by molar-refractivity contribution is 6.45. The number of esters is 2. The molecular weight excluding hydrogens is 228 g/mol. The largest absolute Gasteiger partial charge is 0.457 e. The van der Waals surface area contributed by atoms with E-state index in [-0.39, 0.29) is 0 Å². The Kier molecular flexibility index (Phi) is 6.09. The fraction of sp³-hybridized carbons (Fsp3) is 0.636. The molecule has 0 radical (unpaired) electrons. The third kappa shape index (κ3) is 6.44. The third-order valence-corrected chi connectivity index (χ3v) is 1.46. The highest BCUT2D eigenvalue weighted by Gasteiger charge is 2.25. The van der Waals surface area contributed by atoms with Gasteiger partial charge in [0, 0.05) is 0 Å². The molecule has 0 rings (SSSR count). The molecule has 0 saturated carbocycles. The number of Topliss-reactive ketones (excluding diaryl/α,β-unsaturated/α-hetero) is 2. The van der Waals surface area contributed by atoms with Crippen LogP contribution < -0.4 is 0 Å². The summed E-state index contributed by atoms with van der Waals surface area (Å²) in [4.78, 5) is 44.5. The van der Waals surface area contributed by atoms with Gasteiger partial charge in [-0.25, -0.2) is 9.59 Å². The van der Waals surface area contributed by atoms with Crippen LogP contribution in [0.25, 0.3) is 0 Å². The Morgan fingerprint density at radius 1 is 0.765 bits per heavy atom. The average Bonchev–Trinajstić information content (AvgIpc) is 2.15. The van der Waals surface area contributed by atoms with Gasteiger partial charge < -0.3 is 9.47 Å². The molecule has 0 aliphatic heterocycles. The van der Waals surface area contributed by atoms with Crippen LogP contribution in [-0.2, 0) is 28.7 Å². The van der Waals surface area contributed by atoms with E-state index >= 15 is 0 Å². The van der Waals surface area contributed by atoms with Crippen LogP contribution in [0.3, 0.4) is 0 Å². The van der Waals surface area contributed by atoms with E-state index in [1.54, 1.807) is 27.7 Å². The Morgan fingerprint density at radius 3 is 1.29 bits per heavy atom. The number of hydrogen-bond acceptors (Lipinski definition) is 6. The van der Waals surface area contributed by atoms with Crippen LogP contribution in [0.2, 0.25) is 0 Å². The van der Waals surface area contributed by atoms with E-state index in [9.17, 15) is 19.2 Å². The molecule has 0 unspecified atom stereocenters. The molecule has 0 aromatic heterocycles. The molecule has 0 fully saturated rings. The molecule has 0 aromatic carbocycles. The fourth-order valence-corrected chi connectivity index (χ4v) is 0.850. The van der Waals surface area contributed by atoms with Crippen molar-refractivity contribution in [2.45, 2.75) is 46.3 Å². The summed E-state index contributed by atoms with van der Waals surface area (Å²) in [6, 6.07) is 0. The van der Waals surface area contributed by atoms with Gasteiger partial charge in [0.05, 0.1) is 18.6 Å². The van der Waals surface area contributed by atoms with Crippen LogP contribution >= 0.6 is 0 Å². The Bertz CT molecular complexity index is 297. The van der Waals surface area contributed by atoms with E-state index in [0.717, 1.165) is 0 Å². The molecule has 0 spiro atoms. The van der Waals surface area contributed by atoms with Gasteiger partial charge in [-0.3, -0.25) is 9.59 Å². The summed E-state index contributed by atoms with van der Waals surface area (Å²) in [5.41, 5.74) is 0. The molecule has 96 valence electrons. The van der Waals surface area contributed by atoms with Crippen LogP contribution in [0.15, 0.2) is 0 Å². The second-order valence-electron chi connectivity index (χ2n) is 3.93. The van der Waals surface area contributed by atoms with Crippen molar-refractivity contribution < 1.29 is 28.7 Å². The maximum atomic E-state index is 11.2. The van der Waals surface area contributed by atoms with Crippen molar-refractivity contribution >= 4 is 23.5 Å². The number of ketones is 2. The van der Waals surface area contributed by atoms with Crippen LogP contribution in [0.4, 0.5) is 0 Å². The number of carbonyl (C=O) groups excluding carboxylic acids is 4. The van der Waals surface area contributed by atoms with Gasteiger partial charge >= 0.3 is 11.9 Å². The van der Waals surface area contributed by atoms with Crippen molar-refractivity contribution in [3.8, 4) is 0 Å². The molecule has 6 heteroatoms. The van der Waals surface area contributed by atoms with Gasteiger partial charge in [0.15, 0.2) is 0 Å². The van der Waals surface area contributed by atoms with Crippen molar-refractivity contribution in [2.24, 2.45) is 0 Å². The SMILES string of the molecule is CC(C)OC(=O)C(=O)CC(=O)C(=O)OC(C)C. The summed E-state index contributed by atoms with van der Waals surface area (Å²) in [5.74, 6) is -4.34. The van der Waals surface area contributed by atoms with E-state index in [4.69, 9.17) is 0 Å². The van der Waals surface area contributed by atoms with E-state index in [0.29, 0.717) is 0 Å². The number of ether oxygens (including phenoxy) is 2. The van der Waals surface area contributed by atoms with Gasteiger partial charge in [0.1, 0.15) is 0 Å². The maximum Gasteiger partial charge on any atom is 0.375 e. The first-order chi connectivity index (χ1) is 7.73. The molecular formula is C11H16O6. The predicted molar refractivity (Wildman–Crippen MR) is 57.1 cm³/mol. The van der Waals surface area contributed by atoms with Crippen molar-refractivity contribution in [2.75, 3.05) is 0 Å². The van der Waals surface area contributed by atoms with Crippen molar-refractivity contribution in [3.63, 3.8) is 0 Å². The fourth-order valence-electron chi connectivity index (χ4n) is 0.850. The lowest BCUT2D eigenvalue weighted by Gasteiger charge is -2.07. The Labute approximate surface area is 99.3 Å². The predicted octanol–water partition coefficient (Wildman–Crippen LogP) is 0.418. The monoisotopic (exact) mass is 244 g/mol. The first-order valence-electron chi connectivity index (χ1n) is 5.21. The zero-order valence-electron chi connectivity index (χ0n) is 10.3. The standard InChI is InChI=1S/C11H16O6/c1-6(2)16-10(14)8(12)5-9(13)11(15)17-7(3)4/h6-7H,5H2,1-4H3. The zero-order chi connectivity index (χ0) is 13.6. The van der Waals surface area contributed by atoms with Gasteiger partial charge in [0.25, 0.3) is 0 Å². The third-order valence-electron chi connectivity index (χ3n) is 1.46. The molecule has 0 atom stereocenters. The molecule has 0 bridgehead atoms. The maximum absolute atomic E-state index is 11.2. The highest BCUT2D eigenvalue weighted by atomic mass is 16.6. The van der Waals surface area contributed by atoms with Gasteiger partial charge in [-0.05, 0) is 27.7 Å². The Balaban J connectivity index is 4.25. The minimum absolute atomic E-state index is 0.454. The van der Waals surface area contributed by atoms with Crippen molar-refractivity contribution in [1.29, 1.82) is 0 Å². The molecule has 0 saturated heterocycles. The minimum atomic E-state index is -1.12. The normalized spacial score (nSPS) is 10.2. The molecule has 0 amide bonds. The van der Waals surface area contributed by atoms with Crippen LogP contribution in [0.5, 0.6) is 0 Å². The van der Waals surface area contributed by atoms with E-state index in [2.05, 4.69) is 9.47 Å². The molecule has 17 heavy (non-hydrogen) atoms. The van der Waals surface area contributed by atoms with Crippen molar-refractivity contribution in [3.05, 3.63) is 0 Å². The lowest BCUT2D eigenvalue weighted by molar-refractivity contribution is -0.161. The first kappa shape index (κ1) is 15.3. The zero-order valence-corrected chi connectivity index (χ0v) is 10.3. The summed E-state index contributed by atoms with van der Waals surface area (Å²) >= 11 is 0. The Morgan fingerprint density at radius 2 is 1.06 bits per heavy atom. The smallest absolute Gasteiger partial charge is 0.375 e.